The Morgan fingerprint density at radius 1 is 1.00 bits per heavy atom. The molecule has 1 aliphatic rings. The lowest BCUT2D eigenvalue weighted by atomic mass is 10.1. The van der Waals surface area contributed by atoms with E-state index in [9.17, 15) is 27.6 Å². The molecule has 0 atom stereocenters. The highest BCUT2D eigenvalue weighted by atomic mass is 35.5. The van der Waals surface area contributed by atoms with Crippen LogP contribution < -0.4 is 14.8 Å². The molecular formula is C21H17ClF3NO6. The van der Waals surface area contributed by atoms with Gasteiger partial charge >= 0.3 is 12.1 Å². The second-order valence-corrected chi connectivity index (χ2v) is 7.11. The summed E-state index contributed by atoms with van der Waals surface area (Å²) >= 11 is 5.58. The van der Waals surface area contributed by atoms with Crippen molar-refractivity contribution in [2.24, 2.45) is 0 Å². The lowest BCUT2D eigenvalue weighted by Gasteiger charge is -2.18. The van der Waals surface area contributed by atoms with Crippen molar-refractivity contribution in [2.45, 2.75) is 19.0 Å². The summed E-state index contributed by atoms with van der Waals surface area (Å²) in [5.41, 5.74) is -1.33. The van der Waals surface area contributed by atoms with Crippen LogP contribution in [0.25, 0.3) is 0 Å². The van der Waals surface area contributed by atoms with E-state index >= 15 is 0 Å². The molecule has 1 amide bonds. The summed E-state index contributed by atoms with van der Waals surface area (Å²) < 4.78 is 54.7. The van der Waals surface area contributed by atoms with Crippen LogP contribution >= 0.6 is 11.6 Å². The van der Waals surface area contributed by atoms with Gasteiger partial charge in [-0.2, -0.15) is 13.2 Å². The predicted molar refractivity (Wildman–Crippen MR) is 107 cm³/mol. The number of fused-ring (bicyclic) bond motifs is 1. The van der Waals surface area contributed by atoms with Crippen molar-refractivity contribution in [3.05, 3.63) is 52.5 Å². The van der Waals surface area contributed by atoms with Gasteiger partial charge in [0.1, 0.15) is 13.2 Å². The summed E-state index contributed by atoms with van der Waals surface area (Å²) in [7, 11) is 0. The fourth-order valence-corrected chi connectivity index (χ4v) is 3.01. The number of carbonyl (C=O) groups is 3. The Morgan fingerprint density at radius 3 is 2.44 bits per heavy atom. The number of hydrogen-bond donors (Lipinski definition) is 1. The van der Waals surface area contributed by atoms with Crippen molar-refractivity contribution in [1.29, 1.82) is 0 Å². The van der Waals surface area contributed by atoms with Crippen LogP contribution in [0.15, 0.2) is 36.4 Å². The number of amides is 1. The van der Waals surface area contributed by atoms with Gasteiger partial charge in [-0.05, 0) is 36.4 Å². The monoisotopic (exact) mass is 471 g/mol. The molecule has 2 aromatic carbocycles. The number of alkyl halides is 3. The molecule has 0 aromatic heterocycles. The zero-order chi connectivity index (χ0) is 23.3. The largest absolute Gasteiger partial charge is 0.486 e. The van der Waals surface area contributed by atoms with E-state index in [1.165, 1.54) is 12.1 Å². The van der Waals surface area contributed by atoms with Crippen molar-refractivity contribution in [2.75, 3.05) is 25.1 Å². The summed E-state index contributed by atoms with van der Waals surface area (Å²) in [5.74, 6) is -1.21. The van der Waals surface area contributed by atoms with Gasteiger partial charge in [-0.1, -0.05) is 11.6 Å². The Hall–Kier alpha value is -3.27. The predicted octanol–water partition coefficient (Wildman–Crippen LogP) is 4.27. The Morgan fingerprint density at radius 2 is 1.72 bits per heavy atom. The lowest BCUT2D eigenvalue weighted by molar-refractivity contribution is -0.147. The average Bonchev–Trinajstić information content (AvgIpc) is 2.76. The van der Waals surface area contributed by atoms with Crippen molar-refractivity contribution in [3.63, 3.8) is 0 Å². The number of hydrogen-bond acceptors (Lipinski definition) is 6. The number of esters is 1. The third-order valence-electron chi connectivity index (χ3n) is 4.35. The molecule has 0 saturated heterocycles. The van der Waals surface area contributed by atoms with E-state index in [2.05, 4.69) is 0 Å². The quantitative estimate of drug-likeness (QED) is 0.479. The second kappa shape index (κ2) is 9.90. The van der Waals surface area contributed by atoms with Crippen LogP contribution in [0.5, 0.6) is 11.5 Å². The molecule has 1 N–H and O–H groups in total. The van der Waals surface area contributed by atoms with Crippen LogP contribution in [-0.2, 0) is 20.5 Å². The highest BCUT2D eigenvalue weighted by Crippen LogP contribution is 2.36. The third kappa shape index (κ3) is 6.13. The molecule has 0 fully saturated rings. The van der Waals surface area contributed by atoms with Crippen LogP contribution in [0.4, 0.5) is 18.9 Å². The van der Waals surface area contributed by atoms with Gasteiger partial charge in [-0.25, -0.2) is 0 Å². The molecule has 0 unspecified atom stereocenters. The first kappa shape index (κ1) is 23.4. The maximum absolute atomic E-state index is 13.1. The zero-order valence-corrected chi connectivity index (χ0v) is 17.2. The maximum Gasteiger partial charge on any atom is 0.418 e. The normalized spacial score (nSPS) is 12.8. The van der Waals surface area contributed by atoms with Crippen LogP contribution in [0.2, 0.25) is 5.02 Å². The molecule has 1 aliphatic heterocycles. The van der Waals surface area contributed by atoms with E-state index in [-0.39, 0.29) is 23.6 Å². The Bertz CT molecular complexity index is 1040. The number of benzene rings is 2. The standard InChI is InChI=1S/C21H17ClF3NO6/c22-13-2-3-15(14(10-13)21(23,24)25)26-19(28)11-32-20(29)6-4-16(27)12-1-5-17-18(9-12)31-8-7-30-17/h1-3,5,9-10H,4,6-8,11H2,(H,26,28). The van der Waals surface area contributed by atoms with Crippen LogP contribution in [0, 0.1) is 0 Å². The molecule has 0 saturated carbocycles. The zero-order valence-electron chi connectivity index (χ0n) is 16.5. The Balaban J connectivity index is 1.48. The highest BCUT2D eigenvalue weighted by molar-refractivity contribution is 6.30. The van der Waals surface area contributed by atoms with Crippen molar-refractivity contribution in [1.82, 2.24) is 0 Å². The minimum atomic E-state index is -4.74. The number of ether oxygens (including phenoxy) is 3. The van der Waals surface area contributed by atoms with Gasteiger partial charge in [-0.3, -0.25) is 14.4 Å². The Labute approximate surface area is 185 Å². The summed E-state index contributed by atoms with van der Waals surface area (Å²) in [6.07, 6.45) is -5.23. The van der Waals surface area contributed by atoms with Crippen molar-refractivity contribution in [3.8, 4) is 11.5 Å². The molecule has 0 aliphatic carbocycles. The van der Waals surface area contributed by atoms with Gasteiger partial charge in [0.05, 0.1) is 17.7 Å². The van der Waals surface area contributed by atoms with Gasteiger partial charge in [0.2, 0.25) is 0 Å². The number of anilines is 1. The van der Waals surface area contributed by atoms with Gasteiger partial charge in [0, 0.05) is 17.0 Å². The molecule has 32 heavy (non-hydrogen) atoms. The summed E-state index contributed by atoms with van der Waals surface area (Å²) in [6.45, 7) is -0.0360. The molecular weight excluding hydrogens is 455 g/mol. The number of rotatable bonds is 7. The number of ketones is 1. The number of halogens is 4. The molecule has 0 spiro atoms. The fourth-order valence-electron chi connectivity index (χ4n) is 2.84. The van der Waals surface area contributed by atoms with E-state index in [0.29, 0.717) is 36.3 Å². The van der Waals surface area contributed by atoms with Crippen LogP contribution in [-0.4, -0.2) is 37.5 Å². The SMILES string of the molecule is O=C(COC(=O)CCC(=O)c1ccc2c(c1)OCCO2)Nc1ccc(Cl)cc1C(F)(F)F. The molecule has 2 aromatic rings. The van der Waals surface area contributed by atoms with E-state index < -0.39 is 35.9 Å². The Kier molecular flexibility index (Phi) is 7.24. The minimum Gasteiger partial charge on any atom is -0.486 e. The van der Waals surface area contributed by atoms with Crippen LogP contribution in [0.1, 0.15) is 28.8 Å². The fraction of sp³-hybridized carbons (Fsp3) is 0.286. The first-order chi connectivity index (χ1) is 15.1. The molecule has 11 heteroatoms. The van der Waals surface area contributed by atoms with E-state index in [1.807, 2.05) is 5.32 Å². The topological polar surface area (TPSA) is 90.9 Å². The third-order valence-corrected chi connectivity index (χ3v) is 4.58. The number of nitrogens with one attached hydrogen (secondary N) is 1. The van der Waals surface area contributed by atoms with E-state index in [4.69, 9.17) is 25.8 Å². The van der Waals surface area contributed by atoms with E-state index in [1.54, 1.807) is 12.1 Å². The summed E-state index contributed by atoms with van der Waals surface area (Å²) in [5, 5.41) is 1.88. The number of Topliss-reactive ketones (excluding diaryl/α,β-unsaturated/α-hetero) is 1. The van der Waals surface area contributed by atoms with Crippen molar-refractivity contribution < 1.29 is 41.8 Å². The molecule has 0 radical (unpaired) electrons. The van der Waals surface area contributed by atoms with Crippen LogP contribution in [0.3, 0.4) is 0 Å². The summed E-state index contributed by atoms with van der Waals surface area (Å²) in [6, 6.07) is 7.50. The molecule has 0 bridgehead atoms. The highest BCUT2D eigenvalue weighted by Gasteiger charge is 2.34. The maximum atomic E-state index is 13.1. The average molecular weight is 472 g/mol. The molecule has 7 nitrogen and oxygen atoms in total. The first-order valence-corrected chi connectivity index (χ1v) is 9.76. The van der Waals surface area contributed by atoms with Crippen molar-refractivity contribution >= 4 is 34.9 Å². The van der Waals surface area contributed by atoms with E-state index in [0.717, 1.165) is 6.07 Å². The smallest absolute Gasteiger partial charge is 0.418 e. The van der Waals surface area contributed by atoms with Gasteiger partial charge in [-0.15, -0.1) is 0 Å². The lowest BCUT2D eigenvalue weighted by Crippen LogP contribution is -2.23. The number of carbonyl (C=O) groups excluding carboxylic acids is 3. The minimum absolute atomic E-state index is 0.149. The summed E-state index contributed by atoms with van der Waals surface area (Å²) in [4.78, 5) is 36.0. The van der Waals surface area contributed by atoms with Gasteiger partial charge in [0.15, 0.2) is 23.9 Å². The molecule has 3 rings (SSSR count). The second-order valence-electron chi connectivity index (χ2n) is 6.68. The van der Waals surface area contributed by atoms with Gasteiger partial charge in [0.25, 0.3) is 5.91 Å². The molecule has 1 heterocycles. The first-order valence-electron chi connectivity index (χ1n) is 9.38. The van der Waals surface area contributed by atoms with Gasteiger partial charge < -0.3 is 19.5 Å². The molecule has 170 valence electrons.